The molecule has 0 aromatic carbocycles. The second-order valence-electron chi connectivity index (χ2n) is 3.08. The summed E-state index contributed by atoms with van der Waals surface area (Å²) < 4.78 is 36.6. The Morgan fingerprint density at radius 2 is 1.93 bits per heavy atom. The van der Waals surface area contributed by atoms with E-state index >= 15 is 0 Å². The van der Waals surface area contributed by atoms with Crippen molar-refractivity contribution in [3.8, 4) is 0 Å². The zero-order valence-electron chi connectivity index (χ0n) is 7.77. The van der Waals surface area contributed by atoms with Crippen LogP contribution in [0.5, 0.6) is 0 Å². The summed E-state index contributed by atoms with van der Waals surface area (Å²) in [7, 11) is 0. The van der Waals surface area contributed by atoms with Crippen LogP contribution in [0.4, 0.5) is 13.2 Å². The second kappa shape index (κ2) is 3.56. The van der Waals surface area contributed by atoms with E-state index in [4.69, 9.17) is 0 Å². The van der Waals surface area contributed by atoms with Crippen molar-refractivity contribution in [1.29, 1.82) is 0 Å². The van der Waals surface area contributed by atoms with Gasteiger partial charge in [0.2, 0.25) is 0 Å². The van der Waals surface area contributed by atoms with Crippen LogP contribution >= 0.6 is 0 Å². The van der Waals surface area contributed by atoms with Crippen LogP contribution in [-0.4, -0.2) is 12.7 Å². The van der Waals surface area contributed by atoms with Crippen molar-refractivity contribution in [3.63, 3.8) is 0 Å². The molecule has 1 rings (SSSR count). The number of alkyl halides is 3. The Morgan fingerprint density at radius 3 is 2.29 bits per heavy atom. The van der Waals surface area contributed by atoms with Gasteiger partial charge in [0.05, 0.1) is 0 Å². The number of carbonyl (C=O) groups is 1. The van der Waals surface area contributed by atoms with Gasteiger partial charge in [-0.1, -0.05) is 0 Å². The van der Waals surface area contributed by atoms with Gasteiger partial charge in [-0.2, -0.15) is 0 Å². The molecule has 0 saturated heterocycles. The molecule has 0 fully saturated rings. The van der Waals surface area contributed by atoms with Crippen LogP contribution in [0.25, 0.3) is 0 Å². The van der Waals surface area contributed by atoms with Crippen LogP contribution in [-0.2, 0) is 6.18 Å². The summed E-state index contributed by atoms with van der Waals surface area (Å²) in [6, 6.07) is 2.13. The summed E-state index contributed by atoms with van der Waals surface area (Å²) in [5.41, 5.74) is -0.0367. The van der Waals surface area contributed by atoms with Gasteiger partial charge in [0.1, 0.15) is 0 Å². The minimum absolute atomic E-state index is 0.226. The molecule has 0 unspecified atom stereocenters. The average Bonchev–Trinajstić information content (AvgIpc) is 2.01. The molecule has 14 heavy (non-hydrogen) atoms. The first-order valence-electron chi connectivity index (χ1n) is 4.01. The summed E-state index contributed by atoms with van der Waals surface area (Å²) in [4.78, 5) is 10.9. The van der Waals surface area contributed by atoms with E-state index in [-0.39, 0.29) is 5.78 Å². The summed E-state index contributed by atoms with van der Waals surface area (Å²) in [6.45, 7) is 3.80. The van der Waals surface area contributed by atoms with Crippen LogP contribution in [0.2, 0.25) is 0 Å². The fraction of sp³-hybridized carbons (Fsp3) is 0.333. The van der Waals surface area contributed by atoms with Gasteiger partial charge in [-0.25, -0.2) is 0 Å². The molecule has 0 N–H and O–H groups in total. The molecule has 0 radical (unpaired) electrons. The molecular formula is C9H8BF3O. The first-order chi connectivity index (χ1) is 6.32. The Hall–Kier alpha value is -1.13. The summed E-state index contributed by atoms with van der Waals surface area (Å²) >= 11 is 0. The Bertz CT molecular complexity index is 371. The van der Waals surface area contributed by atoms with Crippen molar-refractivity contribution in [3.05, 3.63) is 28.6 Å². The van der Waals surface area contributed by atoms with E-state index < -0.39 is 11.6 Å². The number of hydrogen-bond donors (Lipinski definition) is 0. The quantitative estimate of drug-likeness (QED) is 0.636. The number of carbonyl (C=O) groups excluding carboxylic acids is 1. The van der Waals surface area contributed by atoms with E-state index in [0.717, 1.165) is 13.0 Å². The predicted molar refractivity (Wildman–Crippen MR) is 47.5 cm³/mol. The van der Waals surface area contributed by atoms with Crippen LogP contribution in [0.15, 0.2) is 12.1 Å². The van der Waals surface area contributed by atoms with Gasteiger partial charge in [-0.15, -0.1) is 0 Å². The Balaban J connectivity index is 3.20. The van der Waals surface area contributed by atoms with Gasteiger partial charge in [0.15, 0.2) is 0 Å². The molecule has 1 nitrogen and oxygen atoms in total. The molecule has 0 spiro atoms. The van der Waals surface area contributed by atoms with Crippen molar-refractivity contribution < 1.29 is 18.0 Å². The maximum atomic E-state index is 12.2. The number of rotatable bonds is 1. The molecule has 1 heterocycles. The van der Waals surface area contributed by atoms with E-state index in [1.54, 1.807) is 0 Å². The zero-order valence-corrected chi connectivity index (χ0v) is 7.77. The Morgan fingerprint density at radius 1 is 1.36 bits per heavy atom. The number of Topliss-reactive ketones (excluding diaryl/α,β-unsaturated/α-hetero) is 1. The van der Waals surface area contributed by atoms with Gasteiger partial charge in [-0.3, -0.25) is 0 Å². The maximum absolute atomic E-state index is 12.2. The number of aryl methyl sites for hydroxylation is 1. The summed E-state index contributed by atoms with van der Waals surface area (Å²) in [6.07, 6.45) is -4.35. The first-order valence-corrected chi connectivity index (χ1v) is 4.01. The van der Waals surface area contributed by atoms with Crippen LogP contribution < -0.4 is 0 Å². The fourth-order valence-corrected chi connectivity index (χ4v) is 1.24. The predicted octanol–water partition coefficient (Wildman–Crippen LogP) is 2.55. The topological polar surface area (TPSA) is 17.1 Å². The number of hydrogen-bond acceptors (Lipinski definition) is 1. The van der Waals surface area contributed by atoms with E-state index in [2.05, 4.69) is 0 Å². The first kappa shape index (κ1) is 11.0. The van der Waals surface area contributed by atoms with Crippen LogP contribution in [0.1, 0.15) is 28.2 Å². The molecule has 5 heteroatoms. The number of ketones is 1. The van der Waals surface area contributed by atoms with Gasteiger partial charge in [0, 0.05) is 0 Å². The monoisotopic (exact) mass is 200 g/mol. The molecule has 74 valence electrons. The second-order valence-corrected chi connectivity index (χ2v) is 3.08. The van der Waals surface area contributed by atoms with Crippen molar-refractivity contribution in [1.82, 2.24) is 0 Å². The van der Waals surface area contributed by atoms with E-state index in [9.17, 15) is 18.0 Å². The van der Waals surface area contributed by atoms with Crippen molar-refractivity contribution in [2.45, 2.75) is 20.0 Å². The van der Waals surface area contributed by atoms with Crippen molar-refractivity contribution in [2.75, 3.05) is 0 Å². The average molecular weight is 200 g/mol. The third-order valence-electron chi connectivity index (χ3n) is 1.93. The molecule has 0 saturated carbocycles. The third kappa shape index (κ3) is 2.22. The van der Waals surface area contributed by atoms with E-state index in [0.29, 0.717) is 11.0 Å². The van der Waals surface area contributed by atoms with Crippen molar-refractivity contribution in [2.24, 2.45) is 0 Å². The minimum atomic E-state index is -4.35. The van der Waals surface area contributed by atoms with Gasteiger partial charge in [0.25, 0.3) is 0 Å². The van der Waals surface area contributed by atoms with E-state index in [1.807, 2.05) is 0 Å². The Kier molecular flexibility index (Phi) is 2.78. The van der Waals surface area contributed by atoms with Crippen molar-refractivity contribution >= 4 is 12.7 Å². The molecule has 0 bridgehead atoms. The van der Waals surface area contributed by atoms with Crippen LogP contribution in [0, 0.1) is 6.92 Å². The SMILES string of the molecule is CC(=O)c1ccc(C(F)(F)F)bc1C. The van der Waals surface area contributed by atoms with Gasteiger partial charge in [-0.05, 0) is 0 Å². The van der Waals surface area contributed by atoms with Gasteiger partial charge >= 0.3 is 79.3 Å². The molecule has 0 aliphatic rings. The molecular weight excluding hydrogens is 192 g/mol. The number of halogens is 3. The standard InChI is InChI=1S/C9H8BF3O/c1-5-7(6(2)14)3-4-8(10-5)9(11,12)13/h3-4H,1-2H3. The molecule has 1 aromatic rings. The third-order valence-corrected chi connectivity index (χ3v) is 1.93. The zero-order chi connectivity index (χ0) is 10.9. The Labute approximate surface area is 80.1 Å². The van der Waals surface area contributed by atoms with E-state index in [1.165, 1.54) is 19.9 Å². The molecule has 0 aliphatic carbocycles. The normalized spacial score (nSPS) is 11.2. The van der Waals surface area contributed by atoms with Crippen LogP contribution in [0.3, 0.4) is 0 Å². The molecule has 0 aliphatic heterocycles. The van der Waals surface area contributed by atoms with Gasteiger partial charge < -0.3 is 0 Å². The summed E-state index contributed by atoms with van der Waals surface area (Å²) in [5.74, 6) is -0.226. The molecule has 0 amide bonds. The molecule has 1 aromatic heterocycles. The molecule has 0 atom stereocenters. The fourth-order valence-electron chi connectivity index (χ4n) is 1.24. The summed E-state index contributed by atoms with van der Waals surface area (Å²) in [5, 5.41) is 0.